The lowest BCUT2D eigenvalue weighted by Crippen LogP contribution is -2.10. The minimum Gasteiger partial charge on any atom is -0.491 e. The van der Waals surface area contributed by atoms with E-state index in [0.29, 0.717) is 17.2 Å². The average molecular weight is 304 g/mol. The molecule has 0 saturated heterocycles. The normalized spacial score (nSPS) is 11.8. The second-order valence-corrected chi connectivity index (χ2v) is 4.89. The van der Waals surface area contributed by atoms with Gasteiger partial charge >= 0.3 is 5.97 Å². The van der Waals surface area contributed by atoms with Crippen molar-refractivity contribution in [1.29, 1.82) is 0 Å². The van der Waals surface area contributed by atoms with Crippen LogP contribution in [-0.2, 0) is 0 Å². The van der Waals surface area contributed by atoms with Gasteiger partial charge in [0, 0.05) is 6.07 Å². The molecule has 4 nitrogen and oxygen atoms in total. The zero-order valence-corrected chi connectivity index (χ0v) is 12.4. The lowest BCUT2D eigenvalue weighted by Gasteiger charge is -2.14. The third-order valence-corrected chi connectivity index (χ3v) is 3.09. The van der Waals surface area contributed by atoms with Gasteiger partial charge in [-0.1, -0.05) is 6.92 Å². The van der Waals surface area contributed by atoms with Gasteiger partial charge in [-0.3, -0.25) is 0 Å². The van der Waals surface area contributed by atoms with Gasteiger partial charge in [0.05, 0.1) is 11.7 Å². The molecule has 1 atom stereocenters. The van der Waals surface area contributed by atoms with Crippen molar-refractivity contribution in [1.82, 2.24) is 0 Å². The maximum atomic E-state index is 12.9. The molecule has 0 aromatic heterocycles. The summed E-state index contributed by atoms with van der Waals surface area (Å²) >= 11 is 0. The summed E-state index contributed by atoms with van der Waals surface area (Å²) in [5, 5.41) is 9.17. The number of ether oxygens (including phenoxy) is 2. The third-order valence-electron chi connectivity index (χ3n) is 3.09. The smallest absolute Gasteiger partial charge is 0.335 e. The predicted molar refractivity (Wildman–Crippen MR) is 80.3 cm³/mol. The minimum absolute atomic E-state index is 0.0392. The molecular weight excluding hydrogens is 287 g/mol. The van der Waals surface area contributed by atoms with Crippen LogP contribution < -0.4 is 9.47 Å². The third kappa shape index (κ3) is 4.22. The Balaban J connectivity index is 2.28. The van der Waals surface area contributed by atoms with E-state index in [1.54, 1.807) is 6.07 Å². The molecule has 116 valence electrons. The van der Waals surface area contributed by atoms with E-state index in [-0.39, 0.29) is 17.5 Å². The monoisotopic (exact) mass is 304 g/mol. The van der Waals surface area contributed by atoms with Crippen LogP contribution in [0.3, 0.4) is 0 Å². The van der Waals surface area contributed by atoms with Gasteiger partial charge in [-0.25, -0.2) is 9.18 Å². The van der Waals surface area contributed by atoms with Gasteiger partial charge in [0.2, 0.25) is 0 Å². The topological polar surface area (TPSA) is 55.8 Å². The maximum absolute atomic E-state index is 12.9. The molecule has 2 aromatic carbocycles. The molecule has 22 heavy (non-hydrogen) atoms. The second-order valence-electron chi connectivity index (χ2n) is 4.89. The zero-order chi connectivity index (χ0) is 16.1. The lowest BCUT2D eigenvalue weighted by molar-refractivity contribution is 0.0695. The maximum Gasteiger partial charge on any atom is 0.335 e. The van der Waals surface area contributed by atoms with E-state index >= 15 is 0 Å². The Labute approximate surface area is 128 Å². The lowest BCUT2D eigenvalue weighted by atomic mass is 10.2. The fourth-order valence-corrected chi connectivity index (χ4v) is 1.78. The van der Waals surface area contributed by atoms with Crippen molar-refractivity contribution >= 4 is 5.97 Å². The predicted octanol–water partition coefficient (Wildman–Crippen LogP) is 4.49. The van der Waals surface area contributed by atoms with Crippen molar-refractivity contribution in [3.63, 3.8) is 0 Å². The summed E-state index contributed by atoms with van der Waals surface area (Å²) in [6.07, 6.45) is 0.758. The van der Waals surface area contributed by atoms with Gasteiger partial charge < -0.3 is 14.6 Å². The summed E-state index contributed by atoms with van der Waals surface area (Å²) in [4.78, 5) is 11.2. The van der Waals surface area contributed by atoms with Gasteiger partial charge in [0.25, 0.3) is 0 Å². The van der Waals surface area contributed by atoms with E-state index in [1.165, 1.54) is 36.4 Å². The van der Waals surface area contributed by atoms with Crippen LogP contribution in [-0.4, -0.2) is 17.2 Å². The summed E-state index contributed by atoms with van der Waals surface area (Å²) in [5.74, 6) is -0.277. The second kappa shape index (κ2) is 6.93. The number of hydrogen-bond acceptors (Lipinski definition) is 3. The number of halogens is 1. The Hall–Kier alpha value is -2.56. The molecule has 2 aromatic rings. The molecule has 0 bridgehead atoms. The molecule has 1 N–H and O–H groups in total. The number of carbonyl (C=O) groups is 1. The van der Waals surface area contributed by atoms with Crippen molar-refractivity contribution in [2.75, 3.05) is 0 Å². The van der Waals surface area contributed by atoms with Gasteiger partial charge in [0.15, 0.2) is 0 Å². The highest BCUT2D eigenvalue weighted by molar-refractivity contribution is 5.88. The number of carboxylic acids is 1. The highest BCUT2D eigenvalue weighted by Gasteiger charge is 2.11. The molecule has 0 aliphatic carbocycles. The van der Waals surface area contributed by atoms with Crippen LogP contribution in [0.15, 0.2) is 42.5 Å². The average Bonchev–Trinajstić information content (AvgIpc) is 2.49. The molecule has 0 aliphatic rings. The summed E-state index contributed by atoms with van der Waals surface area (Å²) in [7, 11) is 0. The molecule has 5 heteroatoms. The number of hydrogen-bond donors (Lipinski definition) is 1. The number of carboxylic acid groups (broad SMARTS) is 1. The molecule has 1 unspecified atom stereocenters. The molecule has 0 saturated carbocycles. The van der Waals surface area contributed by atoms with Crippen LogP contribution in [0.2, 0.25) is 0 Å². The van der Waals surface area contributed by atoms with Crippen molar-refractivity contribution in [3.8, 4) is 17.2 Å². The minimum atomic E-state index is -1.07. The van der Waals surface area contributed by atoms with Crippen molar-refractivity contribution in [3.05, 3.63) is 53.8 Å². The van der Waals surface area contributed by atoms with E-state index in [0.717, 1.165) is 6.42 Å². The van der Waals surface area contributed by atoms with Gasteiger partial charge in [0.1, 0.15) is 23.1 Å². The van der Waals surface area contributed by atoms with E-state index in [2.05, 4.69) is 0 Å². The van der Waals surface area contributed by atoms with E-state index < -0.39 is 5.97 Å². The SMILES string of the molecule is CCC(C)Oc1cc(Oc2ccc(F)cc2)cc(C(=O)O)c1. The quantitative estimate of drug-likeness (QED) is 0.854. The molecule has 0 amide bonds. The van der Waals surface area contributed by atoms with Crippen molar-refractivity contribution in [2.24, 2.45) is 0 Å². The number of benzene rings is 2. The molecule has 0 spiro atoms. The van der Waals surface area contributed by atoms with E-state index in [1.807, 2.05) is 13.8 Å². The van der Waals surface area contributed by atoms with Crippen molar-refractivity contribution < 1.29 is 23.8 Å². The van der Waals surface area contributed by atoms with Crippen LogP contribution in [0, 0.1) is 5.82 Å². The van der Waals surface area contributed by atoms with Crippen LogP contribution >= 0.6 is 0 Å². The number of aromatic carboxylic acids is 1. The summed E-state index contributed by atoms with van der Waals surface area (Å²) in [5.41, 5.74) is 0.0675. The highest BCUT2D eigenvalue weighted by Crippen LogP contribution is 2.28. The van der Waals surface area contributed by atoms with Gasteiger partial charge in [-0.2, -0.15) is 0 Å². The van der Waals surface area contributed by atoms with E-state index in [9.17, 15) is 9.18 Å². The Morgan fingerprint density at radius 2 is 1.77 bits per heavy atom. The van der Waals surface area contributed by atoms with Gasteiger partial charge in [-0.15, -0.1) is 0 Å². The molecular formula is C17H17FO4. The fraction of sp³-hybridized carbons (Fsp3) is 0.235. The van der Waals surface area contributed by atoms with Crippen molar-refractivity contribution in [2.45, 2.75) is 26.4 Å². The summed E-state index contributed by atoms with van der Waals surface area (Å²) in [6, 6.07) is 9.94. The molecule has 0 radical (unpaired) electrons. The first-order valence-corrected chi connectivity index (χ1v) is 6.96. The molecule has 0 aliphatic heterocycles. The summed E-state index contributed by atoms with van der Waals surface area (Å²) < 4.78 is 24.1. The largest absolute Gasteiger partial charge is 0.491 e. The Bertz CT molecular complexity index is 652. The highest BCUT2D eigenvalue weighted by atomic mass is 19.1. The van der Waals surface area contributed by atoms with Crippen LogP contribution in [0.5, 0.6) is 17.2 Å². The summed E-state index contributed by atoms with van der Waals surface area (Å²) in [6.45, 7) is 3.87. The first-order valence-electron chi connectivity index (χ1n) is 6.96. The molecule has 0 fully saturated rings. The molecule has 0 heterocycles. The van der Waals surface area contributed by atoms with Crippen LogP contribution in [0.25, 0.3) is 0 Å². The first kappa shape index (κ1) is 15.8. The van der Waals surface area contributed by atoms with E-state index in [4.69, 9.17) is 14.6 Å². The van der Waals surface area contributed by atoms with Crippen LogP contribution in [0.1, 0.15) is 30.6 Å². The fourth-order valence-electron chi connectivity index (χ4n) is 1.78. The van der Waals surface area contributed by atoms with Gasteiger partial charge in [-0.05, 0) is 49.7 Å². The zero-order valence-electron chi connectivity index (χ0n) is 12.4. The first-order chi connectivity index (χ1) is 10.5. The standard InChI is InChI=1S/C17H17FO4/c1-3-11(2)21-15-8-12(17(19)20)9-16(10-15)22-14-6-4-13(18)5-7-14/h4-11H,3H2,1-2H3,(H,19,20). The molecule has 2 rings (SSSR count). The number of rotatable bonds is 6. The Kier molecular flexibility index (Phi) is 4.99. The Morgan fingerprint density at radius 1 is 1.14 bits per heavy atom. The van der Waals surface area contributed by atoms with Crippen LogP contribution in [0.4, 0.5) is 4.39 Å². The Morgan fingerprint density at radius 3 is 2.36 bits per heavy atom.